The number of ketones is 1. The molecule has 0 unspecified atom stereocenters. The highest BCUT2D eigenvalue weighted by Crippen LogP contribution is 2.25. The van der Waals surface area contributed by atoms with Crippen molar-refractivity contribution in [3.8, 4) is 0 Å². The van der Waals surface area contributed by atoms with Gasteiger partial charge in [-0.1, -0.05) is 6.58 Å². The molecule has 66 valence electrons. The number of hydrogen-bond donors (Lipinski definition) is 1. The molecule has 0 saturated carbocycles. The zero-order chi connectivity index (χ0) is 9.30. The Balaban J connectivity index is 3.08. The van der Waals surface area contributed by atoms with E-state index in [-0.39, 0.29) is 12.2 Å². The number of allylic oxidation sites excluding steroid dienone is 1. The molecule has 3 heteroatoms. The van der Waals surface area contributed by atoms with Crippen LogP contribution in [0.1, 0.15) is 13.3 Å². The van der Waals surface area contributed by atoms with Gasteiger partial charge in [0, 0.05) is 12.0 Å². The summed E-state index contributed by atoms with van der Waals surface area (Å²) in [4.78, 5) is 11.3. The van der Waals surface area contributed by atoms with Gasteiger partial charge in [0.15, 0.2) is 5.78 Å². The second-order valence-electron chi connectivity index (χ2n) is 2.85. The van der Waals surface area contributed by atoms with Crippen molar-refractivity contribution in [3.05, 3.63) is 23.5 Å². The lowest BCUT2D eigenvalue weighted by Gasteiger charge is -2.22. The topological polar surface area (TPSA) is 46.5 Å². The van der Waals surface area contributed by atoms with E-state index in [0.717, 1.165) is 0 Å². The summed E-state index contributed by atoms with van der Waals surface area (Å²) in [6, 6.07) is 0. The number of aliphatic hydroxyl groups excluding tert-OH is 1. The maximum Gasteiger partial charge on any atom is 0.187 e. The van der Waals surface area contributed by atoms with Crippen molar-refractivity contribution in [1.29, 1.82) is 0 Å². The average Bonchev–Trinajstić information content (AvgIpc) is 2.01. The van der Waals surface area contributed by atoms with Crippen molar-refractivity contribution in [3.63, 3.8) is 0 Å². The van der Waals surface area contributed by atoms with Gasteiger partial charge in [-0.15, -0.1) is 0 Å². The van der Waals surface area contributed by atoms with E-state index in [1.807, 2.05) is 0 Å². The highest BCUT2D eigenvalue weighted by atomic mass is 16.5. The van der Waals surface area contributed by atoms with Gasteiger partial charge in [0.1, 0.15) is 11.9 Å². The molecule has 0 spiro atoms. The molecule has 0 aromatic heterocycles. The van der Waals surface area contributed by atoms with E-state index in [4.69, 9.17) is 4.74 Å². The first-order chi connectivity index (χ1) is 5.57. The molecule has 1 aliphatic rings. The van der Waals surface area contributed by atoms with E-state index in [2.05, 4.69) is 6.58 Å². The third kappa shape index (κ3) is 1.28. The highest BCUT2D eigenvalue weighted by molar-refractivity contribution is 6.08. The van der Waals surface area contributed by atoms with Crippen LogP contribution in [0.25, 0.3) is 0 Å². The minimum atomic E-state index is -0.708. The fourth-order valence-corrected chi connectivity index (χ4v) is 1.33. The van der Waals surface area contributed by atoms with Crippen LogP contribution < -0.4 is 0 Å². The zero-order valence-corrected chi connectivity index (χ0v) is 7.26. The Morgan fingerprint density at radius 3 is 2.75 bits per heavy atom. The Hall–Kier alpha value is -1.09. The maximum absolute atomic E-state index is 11.3. The summed E-state index contributed by atoms with van der Waals surface area (Å²) in [5.74, 6) is 0.254. The fourth-order valence-electron chi connectivity index (χ4n) is 1.33. The first kappa shape index (κ1) is 9.00. The Bertz CT molecular complexity index is 263. The minimum Gasteiger partial charge on any atom is -0.498 e. The molecule has 0 aliphatic heterocycles. The van der Waals surface area contributed by atoms with Crippen molar-refractivity contribution in [1.82, 2.24) is 0 Å². The summed E-state index contributed by atoms with van der Waals surface area (Å²) in [6.07, 6.45) is -0.431. The predicted molar refractivity (Wildman–Crippen MR) is 44.5 cm³/mol. The molecule has 1 atom stereocenters. The molecule has 3 nitrogen and oxygen atoms in total. The third-order valence-corrected chi connectivity index (χ3v) is 1.99. The third-order valence-electron chi connectivity index (χ3n) is 1.99. The number of carbonyl (C=O) groups is 1. The van der Waals surface area contributed by atoms with E-state index in [0.29, 0.717) is 16.9 Å². The number of Topliss-reactive ketones (excluding diaryl/α,β-unsaturated/α-hetero) is 1. The molecule has 0 heterocycles. The smallest absolute Gasteiger partial charge is 0.187 e. The van der Waals surface area contributed by atoms with E-state index < -0.39 is 6.10 Å². The first-order valence-electron chi connectivity index (χ1n) is 3.73. The monoisotopic (exact) mass is 168 g/mol. The van der Waals surface area contributed by atoms with Gasteiger partial charge in [-0.2, -0.15) is 0 Å². The lowest BCUT2D eigenvalue weighted by atomic mass is 9.91. The minimum absolute atomic E-state index is 0.114. The van der Waals surface area contributed by atoms with Gasteiger partial charge in [-0.25, -0.2) is 0 Å². The molecule has 0 aromatic rings. The predicted octanol–water partition coefficient (Wildman–Crippen LogP) is 0.797. The summed E-state index contributed by atoms with van der Waals surface area (Å²) in [5.41, 5.74) is 0.905. The van der Waals surface area contributed by atoms with Crippen LogP contribution in [0, 0.1) is 0 Å². The number of rotatable bonds is 1. The van der Waals surface area contributed by atoms with Crippen molar-refractivity contribution < 1.29 is 14.6 Å². The van der Waals surface area contributed by atoms with Gasteiger partial charge >= 0.3 is 0 Å². The number of ether oxygens (including phenoxy) is 1. The van der Waals surface area contributed by atoms with Gasteiger partial charge in [-0.3, -0.25) is 4.79 Å². The maximum atomic E-state index is 11.3. The molecule has 0 saturated heterocycles. The zero-order valence-electron chi connectivity index (χ0n) is 7.26. The van der Waals surface area contributed by atoms with Crippen LogP contribution in [0.5, 0.6) is 0 Å². The van der Waals surface area contributed by atoms with Crippen molar-refractivity contribution in [2.24, 2.45) is 0 Å². The fraction of sp³-hybridized carbons (Fsp3) is 0.444. The molecule has 0 bridgehead atoms. The average molecular weight is 168 g/mol. The lowest BCUT2D eigenvalue weighted by Crippen LogP contribution is -2.25. The number of carbonyl (C=O) groups excluding carboxylic acids is 1. The van der Waals surface area contributed by atoms with Gasteiger partial charge < -0.3 is 9.84 Å². The van der Waals surface area contributed by atoms with Crippen LogP contribution in [0.3, 0.4) is 0 Å². The van der Waals surface area contributed by atoms with Crippen LogP contribution in [0.2, 0.25) is 0 Å². The molecule has 12 heavy (non-hydrogen) atoms. The van der Waals surface area contributed by atoms with E-state index >= 15 is 0 Å². The standard InChI is InChI=1S/C9H12O3/c1-5-4-7(10)9(12-3)6(2)8(5)11/h7,10H,1,4H2,2-3H3/t7-/m0/s1. The molecular formula is C9H12O3. The summed E-state index contributed by atoms with van der Waals surface area (Å²) in [7, 11) is 1.45. The van der Waals surface area contributed by atoms with Crippen LogP contribution in [0.15, 0.2) is 23.5 Å². The SMILES string of the molecule is C=C1C[C@H](O)C(OC)=C(C)C1=O. The molecule has 1 aliphatic carbocycles. The quantitative estimate of drug-likeness (QED) is 0.589. The molecule has 0 amide bonds. The van der Waals surface area contributed by atoms with Crippen molar-refractivity contribution >= 4 is 5.78 Å². The van der Waals surface area contributed by atoms with Gasteiger partial charge in [0.05, 0.1) is 7.11 Å². The first-order valence-corrected chi connectivity index (χ1v) is 3.73. The van der Waals surface area contributed by atoms with Crippen LogP contribution >= 0.6 is 0 Å². The Labute approximate surface area is 71.3 Å². The Morgan fingerprint density at radius 1 is 1.67 bits per heavy atom. The van der Waals surface area contributed by atoms with Crippen molar-refractivity contribution in [2.75, 3.05) is 7.11 Å². The highest BCUT2D eigenvalue weighted by Gasteiger charge is 2.27. The van der Waals surface area contributed by atoms with Crippen LogP contribution in [0.4, 0.5) is 0 Å². The summed E-state index contributed by atoms with van der Waals surface area (Å²) in [5, 5.41) is 9.43. The summed E-state index contributed by atoms with van der Waals surface area (Å²) >= 11 is 0. The van der Waals surface area contributed by atoms with E-state index in [1.54, 1.807) is 6.92 Å². The molecule has 0 aromatic carbocycles. The van der Waals surface area contributed by atoms with Gasteiger partial charge in [0.2, 0.25) is 0 Å². The molecule has 1 N–H and O–H groups in total. The van der Waals surface area contributed by atoms with Crippen LogP contribution in [-0.4, -0.2) is 24.1 Å². The summed E-state index contributed by atoms with van der Waals surface area (Å²) in [6.45, 7) is 5.20. The molecular weight excluding hydrogens is 156 g/mol. The Kier molecular flexibility index (Phi) is 2.33. The van der Waals surface area contributed by atoms with E-state index in [1.165, 1.54) is 7.11 Å². The summed E-state index contributed by atoms with van der Waals surface area (Å²) < 4.78 is 4.90. The number of hydrogen-bond acceptors (Lipinski definition) is 3. The van der Waals surface area contributed by atoms with E-state index in [9.17, 15) is 9.90 Å². The van der Waals surface area contributed by atoms with Crippen molar-refractivity contribution in [2.45, 2.75) is 19.4 Å². The lowest BCUT2D eigenvalue weighted by molar-refractivity contribution is -0.113. The van der Waals surface area contributed by atoms with Gasteiger partial charge in [0.25, 0.3) is 0 Å². The second kappa shape index (κ2) is 3.11. The van der Waals surface area contributed by atoms with Gasteiger partial charge in [-0.05, 0) is 12.5 Å². The molecule has 0 fully saturated rings. The number of methoxy groups -OCH3 is 1. The normalized spacial score (nSPS) is 24.8. The molecule has 0 radical (unpaired) electrons. The Morgan fingerprint density at radius 2 is 2.25 bits per heavy atom. The van der Waals surface area contributed by atoms with Crippen LogP contribution in [-0.2, 0) is 9.53 Å². The second-order valence-corrected chi connectivity index (χ2v) is 2.85. The number of aliphatic hydroxyl groups is 1. The molecule has 1 rings (SSSR count). The largest absolute Gasteiger partial charge is 0.498 e.